The van der Waals surface area contributed by atoms with Crippen LogP contribution >= 0.6 is 23.4 Å². The van der Waals surface area contributed by atoms with Gasteiger partial charge in [-0.15, -0.1) is 0 Å². The predicted molar refractivity (Wildman–Crippen MR) is 132 cm³/mol. The van der Waals surface area contributed by atoms with E-state index in [1.807, 2.05) is 25.1 Å². The summed E-state index contributed by atoms with van der Waals surface area (Å²) in [6, 6.07) is 15.8. The van der Waals surface area contributed by atoms with Crippen molar-refractivity contribution in [3.8, 4) is 11.3 Å². The van der Waals surface area contributed by atoms with E-state index in [0.717, 1.165) is 53.2 Å². The lowest BCUT2D eigenvalue weighted by Gasteiger charge is -2.36. The highest BCUT2D eigenvalue weighted by atomic mass is 35.5. The molecule has 0 N–H and O–H groups in total. The molecule has 5 rings (SSSR count). The van der Waals surface area contributed by atoms with Crippen LogP contribution in [-0.2, 0) is 4.79 Å². The zero-order valence-electron chi connectivity index (χ0n) is 17.9. The normalized spacial score (nSPS) is 17.7. The maximum Gasteiger partial charge on any atom is 0.286 e. The summed E-state index contributed by atoms with van der Waals surface area (Å²) in [6.07, 6.45) is 1.71. The van der Waals surface area contributed by atoms with Crippen LogP contribution in [0, 0.1) is 12.7 Å². The number of benzene rings is 2. The lowest BCUT2D eigenvalue weighted by molar-refractivity contribution is -0.113. The van der Waals surface area contributed by atoms with Gasteiger partial charge in [0, 0.05) is 48.5 Å². The molecule has 1 fully saturated rings. The van der Waals surface area contributed by atoms with Crippen molar-refractivity contribution in [1.82, 2.24) is 4.90 Å². The first kappa shape index (κ1) is 21.8. The summed E-state index contributed by atoms with van der Waals surface area (Å²) in [5.74, 6) is 0.615. The van der Waals surface area contributed by atoms with Crippen LogP contribution in [0.4, 0.5) is 10.1 Å². The highest BCUT2D eigenvalue weighted by molar-refractivity contribution is 8.18. The SMILES string of the molecule is Cc1ccc(N2CCN(C3=NC(=O)/C(=C\c4ccc(-c5ccc(F)cc5)o4)S3)CC2)cc1Cl. The average Bonchev–Trinajstić information content (AvgIpc) is 3.43. The number of halogens is 2. The Balaban J connectivity index is 1.23. The van der Waals surface area contributed by atoms with E-state index in [-0.39, 0.29) is 11.7 Å². The molecule has 33 heavy (non-hydrogen) atoms. The fourth-order valence-corrected chi connectivity index (χ4v) is 4.92. The van der Waals surface area contributed by atoms with Crippen molar-refractivity contribution in [1.29, 1.82) is 0 Å². The van der Waals surface area contributed by atoms with Gasteiger partial charge >= 0.3 is 0 Å². The zero-order chi connectivity index (χ0) is 22.9. The van der Waals surface area contributed by atoms with Crippen molar-refractivity contribution < 1.29 is 13.6 Å². The summed E-state index contributed by atoms with van der Waals surface area (Å²) >= 11 is 7.65. The molecular weight excluding hydrogens is 461 g/mol. The Labute approximate surface area is 200 Å². The van der Waals surface area contributed by atoms with E-state index in [1.54, 1.807) is 24.3 Å². The minimum absolute atomic E-state index is 0.262. The third-order valence-corrected chi connectivity index (χ3v) is 7.16. The topological polar surface area (TPSA) is 49.0 Å². The number of aliphatic imine (C=N–C) groups is 1. The van der Waals surface area contributed by atoms with Gasteiger partial charge in [0.25, 0.3) is 5.91 Å². The third kappa shape index (κ3) is 4.70. The van der Waals surface area contributed by atoms with Gasteiger partial charge in [0.2, 0.25) is 0 Å². The maximum absolute atomic E-state index is 13.1. The number of thioether (sulfide) groups is 1. The monoisotopic (exact) mass is 481 g/mol. The molecule has 3 heterocycles. The van der Waals surface area contributed by atoms with Gasteiger partial charge in [0.1, 0.15) is 17.3 Å². The summed E-state index contributed by atoms with van der Waals surface area (Å²) in [4.78, 5) is 21.7. The van der Waals surface area contributed by atoms with Crippen LogP contribution in [0.1, 0.15) is 11.3 Å². The number of carbonyl (C=O) groups excluding carboxylic acids is 1. The number of furan rings is 1. The molecule has 2 aliphatic heterocycles. The van der Waals surface area contributed by atoms with Crippen molar-refractivity contribution in [2.24, 2.45) is 4.99 Å². The Kier molecular flexibility index (Phi) is 6.00. The molecular formula is C25H21ClFN3O2S. The van der Waals surface area contributed by atoms with Crippen molar-refractivity contribution >= 4 is 46.2 Å². The van der Waals surface area contributed by atoms with Crippen molar-refractivity contribution in [2.45, 2.75) is 6.92 Å². The van der Waals surface area contributed by atoms with Crippen molar-refractivity contribution in [2.75, 3.05) is 31.1 Å². The molecule has 2 aliphatic rings. The van der Waals surface area contributed by atoms with E-state index in [2.05, 4.69) is 20.9 Å². The molecule has 5 nitrogen and oxygen atoms in total. The van der Waals surface area contributed by atoms with Gasteiger partial charge in [0.15, 0.2) is 5.17 Å². The zero-order valence-corrected chi connectivity index (χ0v) is 19.5. The van der Waals surface area contributed by atoms with Gasteiger partial charge in [0.05, 0.1) is 4.91 Å². The number of hydrogen-bond donors (Lipinski definition) is 0. The molecule has 0 unspecified atom stereocenters. The first-order chi connectivity index (χ1) is 16.0. The van der Waals surface area contributed by atoms with E-state index < -0.39 is 0 Å². The summed E-state index contributed by atoms with van der Waals surface area (Å²) in [6.45, 7) is 5.19. The number of piperazine rings is 1. The molecule has 0 atom stereocenters. The molecule has 0 saturated carbocycles. The Morgan fingerprint density at radius 3 is 2.48 bits per heavy atom. The highest BCUT2D eigenvalue weighted by Gasteiger charge is 2.29. The van der Waals surface area contributed by atoms with Gasteiger partial charge in [-0.3, -0.25) is 4.79 Å². The van der Waals surface area contributed by atoms with Crippen molar-refractivity contribution in [3.63, 3.8) is 0 Å². The fourth-order valence-electron chi connectivity index (χ4n) is 3.80. The molecule has 0 radical (unpaired) electrons. The lowest BCUT2D eigenvalue weighted by atomic mass is 10.2. The second-order valence-electron chi connectivity index (χ2n) is 7.93. The molecule has 1 saturated heterocycles. The molecule has 168 valence electrons. The fraction of sp³-hybridized carbons (Fsp3) is 0.200. The summed E-state index contributed by atoms with van der Waals surface area (Å²) < 4.78 is 19.0. The van der Waals surface area contributed by atoms with Gasteiger partial charge in [-0.2, -0.15) is 4.99 Å². The van der Waals surface area contributed by atoms with Crippen LogP contribution in [0.15, 0.2) is 68.9 Å². The molecule has 2 aromatic carbocycles. The predicted octanol–water partition coefficient (Wildman–Crippen LogP) is 5.84. The minimum atomic E-state index is -0.297. The van der Waals surface area contributed by atoms with Gasteiger partial charge in [-0.1, -0.05) is 17.7 Å². The highest BCUT2D eigenvalue weighted by Crippen LogP contribution is 2.33. The van der Waals surface area contributed by atoms with E-state index in [4.69, 9.17) is 16.0 Å². The third-order valence-electron chi connectivity index (χ3n) is 5.71. The molecule has 8 heteroatoms. The molecule has 1 aromatic heterocycles. The molecule has 0 bridgehead atoms. The number of nitrogens with zero attached hydrogens (tertiary/aromatic N) is 3. The average molecular weight is 482 g/mol. The van der Waals surface area contributed by atoms with Gasteiger partial charge < -0.3 is 14.2 Å². The minimum Gasteiger partial charge on any atom is -0.457 e. The standard InChI is InChI=1S/C25H21ClFN3O2S/c1-16-2-7-19(14-21(16)26)29-10-12-30(13-11-29)25-28-24(31)23(33-25)15-20-8-9-22(32-20)17-3-5-18(27)6-4-17/h2-9,14-15H,10-13H2,1H3/b23-15+. The largest absolute Gasteiger partial charge is 0.457 e. The Bertz CT molecular complexity index is 1260. The van der Waals surface area contributed by atoms with Gasteiger partial charge in [-0.25, -0.2) is 4.39 Å². The maximum atomic E-state index is 13.1. The first-order valence-electron chi connectivity index (χ1n) is 10.6. The van der Waals surface area contributed by atoms with Gasteiger partial charge in [-0.05, 0) is 72.8 Å². The number of carbonyl (C=O) groups is 1. The van der Waals surface area contributed by atoms with Crippen molar-refractivity contribution in [3.05, 3.63) is 81.7 Å². The van der Waals surface area contributed by atoms with E-state index in [0.29, 0.717) is 16.4 Å². The molecule has 0 spiro atoms. The molecule has 3 aromatic rings. The molecule has 1 amide bonds. The second-order valence-corrected chi connectivity index (χ2v) is 9.34. The second kappa shape index (κ2) is 9.08. The number of anilines is 1. The van der Waals surface area contributed by atoms with E-state index in [9.17, 15) is 9.18 Å². The Morgan fingerprint density at radius 1 is 1.03 bits per heavy atom. The van der Waals surface area contributed by atoms with Crippen LogP contribution in [-0.4, -0.2) is 42.2 Å². The lowest BCUT2D eigenvalue weighted by Crippen LogP contribution is -2.47. The van der Waals surface area contributed by atoms with Crippen LogP contribution in [0.2, 0.25) is 5.02 Å². The van der Waals surface area contributed by atoms with Crippen LogP contribution < -0.4 is 4.90 Å². The number of amides is 1. The molecule has 0 aliphatic carbocycles. The Hall–Kier alpha value is -3.03. The number of aryl methyl sites for hydroxylation is 1. The number of hydrogen-bond acceptors (Lipinski definition) is 5. The van der Waals surface area contributed by atoms with Crippen LogP contribution in [0.25, 0.3) is 17.4 Å². The van der Waals surface area contributed by atoms with Crippen LogP contribution in [0.5, 0.6) is 0 Å². The van der Waals surface area contributed by atoms with Crippen LogP contribution in [0.3, 0.4) is 0 Å². The summed E-state index contributed by atoms with van der Waals surface area (Å²) in [5.41, 5.74) is 2.95. The first-order valence-corrected chi connectivity index (χ1v) is 11.8. The number of amidine groups is 1. The number of rotatable bonds is 3. The van der Waals surface area contributed by atoms with E-state index in [1.165, 1.54) is 23.9 Å². The van der Waals surface area contributed by atoms with E-state index >= 15 is 0 Å². The quantitative estimate of drug-likeness (QED) is 0.440. The summed E-state index contributed by atoms with van der Waals surface area (Å²) in [5, 5.41) is 1.49. The Morgan fingerprint density at radius 2 is 1.76 bits per heavy atom. The smallest absolute Gasteiger partial charge is 0.286 e. The summed E-state index contributed by atoms with van der Waals surface area (Å²) in [7, 11) is 0.